The van der Waals surface area contributed by atoms with Crippen LogP contribution in [0.5, 0.6) is 5.75 Å². The number of nitrogens with zero attached hydrogens (tertiary/aromatic N) is 3. The summed E-state index contributed by atoms with van der Waals surface area (Å²) in [6.07, 6.45) is -4.70. The molecule has 0 spiro atoms. The summed E-state index contributed by atoms with van der Waals surface area (Å²) in [6, 6.07) is 10.0. The number of ether oxygens (including phenoxy) is 1. The van der Waals surface area contributed by atoms with Crippen LogP contribution < -0.4 is 4.74 Å². The van der Waals surface area contributed by atoms with Crippen molar-refractivity contribution in [1.82, 2.24) is 15.0 Å². The molecule has 0 saturated carbocycles. The normalized spacial score (nSPS) is 14.2. The average Bonchev–Trinajstić information content (AvgIpc) is 3.36. The molecule has 0 aliphatic carbocycles. The number of hydrogen-bond acceptors (Lipinski definition) is 8. The zero-order valence-electron chi connectivity index (χ0n) is 16.2. The van der Waals surface area contributed by atoms with Crippen LogP contribution in [-0.4, -0.2) is 56.6 Å². The molecule has 1 saturated heterocycles. The molecule has 0 amide bonds. The largest absolute Gasteiger partial charge is 0.573 e. The topological polar surface area (TPSA) is 126 Å². The Morgan fingerprint density at radius 2 is 1.84 bits per heavy atom. The zero-order valence-corrected chi connectivity index (χ0v) is 17.0. The van der Waals surface area contributed by atoms with Crippen LogP contribution in [0.3, 0.4) is 0 Å². The molecule has 13 heteroatoms. The first-order chi connectivity index (χ1) is 15.1. The van der Waals surface area contributed by atoms with Gasteiger partial charge in [-0.05, 0) is 17.5 Å². The van der Waals surface area contributed by atoms with E-state index < -0.39 is 18.3 Å². The SMILES string of the molecule is FC(F)(F)Oc1ccccc1CN1CC(c2nc(-c3cccs3)no2)C1.O=C(O)C(=O)O. The van der Waals surface area contributed by atoms with Crippen molar-refractivity contribution in [2.24, 2.45) is 0 Å². The highest BCUT2D eigenvalue weighted by Crippen LogP contribution is 2.32. The number of carboxylic acid groups (broad SMARTS) is 2. The van der Waals surface area contributed by atoms with Crippen molar-refractivity contribution >= 4 is 23.3 Å². The highest BCUT2D eigenvalue weighted by molar-refractivity contribution is 7.13. The molecule has 1 aromatic carbocycles. The Balaban J connectivity index is 0.000000427. The summed E-state index contributed by atoms with van der Waals surface area (Å²) in [5.41, 5.74) is 0.494. The van der Waals surface area contributed by atoms with Crippen LogP contribution in [0.15, 0.2) is 46.3 Å². The lowest BCUT2D eigenvalue weighted by Gasteiger charge is -2.37. The van der Waals surface area contributed by atoms with Crippen molar-refractivity contribution in [3.8, 4) is 16.5 Å². The van der Waals surface area contributed by atoms with Gasteiger partial charge in [0.25, 0.3) is 0 Å². The molecule has 1 fully saturated rings. The molecule has 0 bridgehead atoms. The first-order valence-electron chi connectivity index (χ1n) is 9.02. The highest BCUT2D eigenvalue weighted by atomic mass is 32.1. The summed E-state index contributed by atoms with van der Waals surface area (Å²) in [5, 5.41) is 20.7. The molecule has 1 aliphatic heterocycles. The highest BCUT2D eigenvalue weighted by Gasteiger charge is 2.35. The molecule has 2 aromatic heterocycles. The third-order valence-electron chi connectivity index (χ3n) is 4.26. The van der Waals surface area contributed by atoms with Gasteiger partial charge in [-0.15, -0.1) is 24.5 Å². The quantitative estimate of drug-likeness (QED) is 0.538. The lowest BCUT2D eigenvalue weighted by Crippen LogP contribution is -2.44. The number of rotatable bonds is 5. The summed E-state index contributed by atoms with van der Waals surface area (Å²) in [7, 11) is 0. The summed E-state index contributed by atoms with van der Waals surface area (Å²) in [4.78, 5) is 25.6. The van der Waals surface area contributed by atoms with Gasteiger partial charge in [-0.2, -0.15) is 4.98 Å². The van der Waals surface area contributed by atoms with E-state index >= 15 is 0 Å². The molecular weight excluding hydrogens is 455 g/mol. The van der Waals surface area contributed by atoms with Crippen LogP contribution in [0, 0.1) is 0 Å². The van der Waals surface area contributed by atoms with Crippen LogP contribution in [0.2, 0.25) is 0 Å². The fourth-order valence-electron chi connectivity index (χ4n) is 2.86. The number of carbonyl (C=O) groups is 2. The van der Waals surface area contributed by atoms with Crippen molar-refractivity contribution in [2.75, 3.05) is 13.1 Å². The van der Waals surface area contributed by atoms with Crippen LogP contribution in [0.4, 0.5) is 13.2 Å². The standard InChI is InChI=1S/C17H14F3N3O2S.C2H2O4/c18-17(19,20)24-13-5-2-1-4-11(13)8-23-9-12(10-23)16-21-15(22-25-16)14-6-3-7-26-14;3-1(4)2(5)6/h1-7,12H,8-10H2;(H,3,4)(H,5,6). The van der Waals surface area contributed by atoms with E-state index in [0.717, 1.165) is 4.88 Å². The third-order valence-corrected chi connectivity index (χ3v) is 5.13. The Kier molecular flexibility index (Phi) is 7.10. The number of alkyl halides is 3. The van der Waals surface area contributed by atoms with Crippen LogP contribution in [0.25, 0.3) is 10.7 Å². The second-order valence-electron chi connectivity index (χ2n) is 6.59. The molecule has 0 unspecified atom stereocenters. The lowest BCUT2D eigenvalue weighted by molar-refractivity contribution is -0.275. The first-order valence-corrected chi connectivity index (χ1v) is 9.90. The molecule has 3 heterocycles. The summed E-state index contributed by atoms with van der Waals surface area (Å²) in [5.74, 6) is -2.60. The van der Waals surface area contributed by atoms with E-state index in [1.54, 1.807) is 12.1 Å². The molecular formula is C19H16F3N3O6S. The second kappa shape index (κ2) is 9.78. The Morgan fingerprint density at radius 3 is 2.44 bits per heavy atom. The van der Waals surface area contributed by atoms with Gasteiger partial charge in [0, 0.05) is 25.2 Å². The van der Waals surface area contributed by atoms with Crippen molar-refractivity contribution in [1.29, 1.82) is 0 Å². The predicted octanol–water partition coefficient (Wildman–Crippen LogP) is 3.45. The van der Waals surface area contributed by atoms with Gasteiger partial charge in [0.2, 0.25) is 11.7 Å². The lowest BCUT2D eigenvalue weighted by atomic mass is 9.99. The number of aromatic nitrogens is 2. The molecule has 9 nitrogen and oxygen atoms in total. The number of halogens is 3. The van der Waals surface area contributed by atoms with Gasteiger partial charge in [0.15, 0.2) is 0 Å². The summed E-state index contributed by atoms with van der Waals surface area (Å²) >= 11 is 1.53. The van der Waals surface area contributed by atoms with E-state index in [4.69, 9.17) is 24.3 Å². The minimum absolute atomic E-state index is 0.0897. The van der Waals surface area contributed by atoms with Crippen LogP contribution >= 0.6 is 11.3 Å². The second-order valence-corrected chi connectivity index (χ2v) is 7.54. The molecule has 3 aromatic rings. The number of likely N-dealkylation sites (tertiary alicyclic amines) is 1. The summed E-state index contributed by atoms with van der Waals surface area (Å²) in [6.45, 7) is 1.66. The summed E-state index contributed by atoms with van der Waals surface area (Å²) < 4.78 is 46.9. The third kappa shape index (κ3) is 6.28. The van der Waals surface area contributed by atoms with Crippen LogP contribution in [-0.2, 0) is 16.1 Å². The zero-order chi connectivity index (χ0) is 23.3. The van der Waals surface area contributed by atoms with Gasteiger partial charge in [0.1, 0.15) is 5.75 Å². The van der Waals surface area contributed by atoms with Gasteiger partial charge in [0.05, 0.1) is 10.8 Å². The fraction of sp³-hybridized carbons (Fsp3) is 0.263. The minimum Gasteiger partial charge on any atom is -0.473 e. The Morgan fingerprint density at radius 1 is 1.16 bits per heavy atom. The Bertz CT molecular complexity index is 1050. The van der Waals surface area contributed by atoms with E-state index in [1.807, 2.05) is 22.4 Å². The molecule has 2 N–H and O–H groups in total. The van der Waals surface area contributed by atoms with E-state index in [9.17, 15) is 13.2 Å². The number of benzene rings is 1. The van der Waals surface area contributed by atoms with E-state index in [0.29, 0.717) is 36.9 Å². The van der Waals surface area contributed by atoms with E-state index in [-0.39, 0.29) is 11.7 Å². The number of para-hydroxylation sites is 1. The maximum atomic E-state index is 12.5. The molecule has 1 aliphatic rings. The number of thiophene rings is 1. The molecule has 0 radical (unpaired) electrons. The maximum Gasteiger partial charge on any atom is 0.573 e. The first kappa shape index (κ1) is 23.2. The number of carboxylic acids is 2. The van der Waals surface area contributed by atoms with Gasteiger partial charge < -0.3 is 19.5 Å². The van der Waals surface area contributed by atoms with Crippen LogP contribution in [0.1, 0.15) is 17.4 Å². The van der Waals surface area contributed by atoms with Gasteiger partial charge >= 0.3 is 18.3 Å². The monoisotopic (exact) mass is 471 g/mol. The van der Waals surface area contributed by atoms with Gasteiger partial charge in [-0.3, -0.25) is 4.90 Å². The fourth-order valence-corrected chi connectivity index (χ4v) is 3.51. The van der Waals surface area contributed by atoms with Gasteiger partial charge in [-0.25, -0.2) is 9.59 Å². The van der Waals surface area contributed by atoms with Crippen molar-refractivity contribution in [3.63, 3.8) is 0 Å². The van der Waals surface area contributed by atoms with Gasteiger partial charge in [-0.1, -0.05) is 29.4 Å². The molecule has 170 valence electrons. The molecule has 0 atom stereocenters. The smallest absolute Gasteiger partial charge is 0.473 e. The molecule has 4 rings (SSSR count). The maximum absolute atomic E-state index is 12.5. The minimum atomic E-state index is -4.70. The van der Waals surface area contributed by atoms with E-state index in [2.05, 4.69) is 14.9 Å². The Hall–Kier alpha value is -3.45. The molecule has 32 heavy (non-hydrogen) atoms. The number of hydrogen-bond donors (Lipinski definition) is 2. The number of aliphatic carboxylic acids is 2. The predicted molar refractivity (Wildman–Crippen MR) is 104 cm³/mol. The van der Waals surface area contributed by atoms with E-state index in [1.165, 1.54) is 23.5 Å². The van der Waals surface area contributed by atoms with Crippen molar-refractivity contribution in [3.05, 3.63) is 53.2 Å². The Labute approximate surface area is 182 Å². The average molecular weight is 471 g/mol. The van der Waals surface area contributed by atoms with Crippen molar-refractivity contribution in [2.45, 2.75) is 18.8 Å². The van der Waals surface area contributed by atoms with Crippen molar-refractivity contribution < 1.29 is 42.2 Å².